The van der Waals surface area contributed by atoms with E-state index in [1.807, 2.05) is 0 Å². The highest BCUT2D eigenvalue weighted by Crippen LogP contribution is 2.55. The number of hydrogen-bond acceptors (Lipinski definition) is 5. The molecule has 3 N–H and O–H groups in total. The normalized spacial score (nSPS) is 38.1. The average molecular weight is 392 g/mol. The van der Waals surface area contributed by atoms with Gasteiger partial charge in [0.1, 0.15) is 0 Å². The van der Waals surface area contributed by atoms with Crippen LogP contribution in [0.25, 0.3) is 0 Å². The smallest absolute Gasteiger partial charge is 0.254 e. The minimum atomic E-state index is -2.68. The van der Waals surface area contributed by atoms with Crippen LogP contribution in [0.1, 0.15) is 66.9 Å². The van der Waals surface area contributed by atoms with Crippen molar-refractivity contribution in [3.05, 3.63) is 17.5 Å². The molecule has 1 heterocycles. The summed E-state index contributed by atoms with van der Waals surface area (Å²) >= 11 is 0. The van der Waals surface area contributed by atoms with Crippen molar-refractivity contribution in [1.29, 1.82) is 0 Å². The molecule has 0 aromatic carbocycles. The van der Waals surface area contributed by atoms with Gasteiger partial charge in [0.2, 0.25) is 11.9 Å². The highest BCUT2D eigenvalue weighted by Gasteiger charge is 2.55. The van der Waals surface area contributed by atoms with E-state index in [-0.39, 0.29) is 36.6 Å². The second-order valence-electron chi connectivity index (χ2n) is 9.40. The number of hydrogen-bond donors (Lipinski definition) is 3. The fourth-order valence-electron chi connectivity index (χ4n) is 6.30. The molecule has 5 fully saturated rings. The molecule has 8 heteroatoms. The number of rotatable bonds is 4. The monoisotopic (exact) mass is 392 g/mol. The Kier molecular flexibility index (Phi) is 3.96. The summed E-state index contributed by atoms with van der Waals surface area (Å²) in [4.78, 5) is 21.6. The number of amides is 1. The van der Waals surface area contributed by atoms with Crippen molar-refractivity contribution in [1.82, 2.24) is 15.3 Å². The number of carbonyl (C=O) groups excluding carboxylic acids is 1. The lowest BCUT2D eigenvalue weighted by Gasteiger charge is -2.58. The van der Waals surface area contributed by atoms with Crippen LogP contribution in [-0.4, -0.2) is 45.6 Å². The van der Waals surface area contributed by atoms with Crippen LogP contribution in [0.15, 0.2) is 6.20 Å². The van der Waals surface area contributed by atoms with Crippen molar-refractivity contribution >= 4 is 11.9 Å². The van der Waals surface area contributed by atoms with Gasteiger partial charge in [-0.2, -0.15) is 0 Å². The molecule has 2 unspecified atom stereocenters. The van der Waals surface area contributed by atoms with Crippen molar-refractivity contribution < 1.29 is 18.7 Å². The van der Waals surface area contributed by atoms with Gasteiger partial charge in [-0.1, -0.05) is 0 Å². The maximum Gasteiger partial charge on any atom is 0.254 e. The third-order valence-electron chi connectivity index (χ3n) is 7.30. The van der Waals surface area contributed by atoms with Crippen LogP contribution >= 0.6 is 0 Å². The van der Waals surface area contributed by atoms with Gasteiger partial charge in [0.05, 0.1) is 16.9 Å². The Balaban J connectivity index is 1.37. The Morgan fingerprint density at radius 2 is 1.86 bits per heavy atom. The predicted molar refractivity (Wildman–Crippen MR) is 98.3 cm³/mol. The molecule has 0 radical (unpaired) electrons. The number of carbonyl (C=O) groups is 1. The molecular weight excluding hydrogens is 366 g/mol. The summed E-state index contributed by atoms with van der Waals surface area (Å²) < 4.78 is 26.8. The summed E-state index contributed by atoms with van der Waals surface area (Å²) in [5.41, 5.74) is 0.148. The van der Waals surface area contributed by atoms with Crippen LogP contribution in [0.5, 0.6) is 0 Å². The van der Waals surface area contributed by atoms with E-state index in [1.54, 1.807) is 7.05 Å². The molecule has 6 nitrogen and oxygen atoms in total. The Morgan fingerprint density at radius 3 is 2.43 bits per heavy atom. The molecular formula is C20H26F2N4O2. The maximum atomic E-state index is 13.4. The fourth-order valence-corrected chi connectivity index (χ4v) is 6.30. The molecule has 152 valence electrons. The van der Waals surface area contributed by atoms with Crippen LogP contribution in [0, 0.1) is 17.8 Å². The van der Waals surface area contributed by atoms with Crippen molar-refractivity contribution in [2.75, 3.05) is 12.4 Å². The van der Waals surface area contributed by atoms with Gasteiger partial charge in [0.25, 0.3) is 5.91 Å². The van der Waals surface area contributed by atoms with E-state index in [1.165, 1.54) is 6.20 Å². The van der Waals surface area contributed by atoms with Crippen molar-refractivity contribution in [2.45, 2.75) is 68.4 Å². The first-order valence-corrected chi connectivity index (χ1v) is 10.2. The third-order valence-corrected chi connectivity index (χ3v) is 7.30. The Hall–Kier alpha value is -1.83. The first-order chi connectivity index (χ1) is 13.3. The van der Waals surface area contributed by atoms with E-state index in [0.717, 1.165) is 32.1 Å². The van der Waals surface area contributed by atoms with Crippen LogP contribution in [0.4, 0.5) is 14.7 Å². The summed E-state index contributed by atoms with van der Waals surface area (Å²) in [7, 11) is 1.66. The second kappa shape index (κ2) is 6.08. The third kappa shape index (κ3) is 2.96. The van der Waals surface area contributed by atoms with Crippen molar-refractivity contribution in [3.8, 4) is 0 Å². The van der Waals surface area contributed by atoms with Gasteiger partial charge < -0.3 is 15.7 Å². The standard InChI is InChI=1S/C20H26F2N4O2/c1-23-18-24-9-14(16(26-18)13-7-20(21,22)8-13)17(27)25-15-11-2-10-3-12(15)6-19(28,4-10)5-11/h9-13,15,28H,2-8H2,1H3,(H,25,27)(H,23,24,26)/t10?,11?,12?,15-,19+. The van der Waals surface area contributed by atoms with Gasteiger partial charge in [0.15, 0.2) is 0 Å². The average Bonchev–Trinajstić information content (AvgIpc) is 2.60. The summed E-state index contributed by atoms with van der Waals surface area (Å²) in [6, 6.07) is 0.0315. The number of anilines is 1. The van der Waals surface area contributed by atoms with E-state index >= 15 is 0 Å². The highest BCUT2D eigenvalue weighted by molar-refractivity contribution is 5.95. The number of nitrogens with zero attached hydrogens (tertiary/aromatic N) is 2. The van der Waals surface area contributed by atoms with Gasteiger partial charge in [-0.25, -0.2) is 18.7 Å². The Morgan fingerprint density at radius 1 is 1.18 bits per heavy atom. The van der Waals surface area contributed by atoms with Crippen LogP contribution in [-0.2, 0) is 0 Å². The topological polar surface area (TPSA) is 87.1 Å². The van der Waals surface area contributed by atoms with Gasteiger partial charge >= 0.3 is 0 Å². The molecule has 6 rings (SSSR count). The van der Waals surface area contributed by atoms with Gasteiger partial charge in [-0.15, -0.1) is 0 Å². The van der Waals surface area contributed by atoms with Crippen LogP contribution in [0.3, 0.4) is 0 Å². The molecule has 1 aromatic rings. The second-order valence-corrected chi connectivity index (χ2v) is 9.40. The molecule has 4 bridgehead atoms. The fraction of sp³-hybridized carbons (Fsp3) is 0.750. The lowest BCUT2D eigenvalue weighted by molar-refractivity contribution is -0.136. The molecule has 1 aromatic heterocycles. The van der Waals surface area contributed by atoms with E-state index < -0.39 is 17.4 Å². The zero-order valence-corrected chi connectivity index (χ0v) is 15.9. The lowest BCUT2D eigenvalue weighted by atomic mass is 9.52. The van der Waals surface area contributed by atoms with Crippen LogP contribution < -0.4 is 10.6 Å². The largest absolute Gasteiger partial charge is 0.390 e. The summed E-state index contributed by atoms with van der Waals surface area (Å²) in [5.74, 6) is -1.92. The lowest BCUT2D eigenvalue weighted by Crippen LogP contribution is -2.61. The number of aromatic nitrogens is 2. The molecule has 1 amide bonds. The number of halogens is 2. The molecule has 2 atom stereocenters. The molecule has 5 aliphatic rings. The van der Waals surface area contributed by atoms with Gasteiger partial charge in [0, 0.05) is 38.0 Å². The number of aliphatic hydroxyl groups is 1. The van der Waals surface area contributed by atoms with Crippen LogP contribution in [0.2, 0.25) is 0 Å². The summed E-state index contributed by atoms with van der Waals surface area (Å²) in [6.07, 6.45) is 5.34. The van der Waals surface area contributed by atoms with Gasteiger partial charge in [-0.3, -0.25) is 4.79 Å². The molecule has 0 spiro atoms. The maximum absolute atomic E-state index is 13.4. The quantitative estimate of drug-likeness (QED) is 0.733. The zero-order valence-electron chi connectivity index (χ0n) is 15.9. The Bertz CT molecular complexity index is 793. The molecule has 28 heavy (non-hydrogen) atoms. The first kappa shape index (κ1) is 18.2. The molecule has 0 aliphatic heterocycles. The Labute approximate surface area is 162 Å². The number of nitrogens with one attached hydrogen (secondary N) is 2. The zero-order chi connectivity index (χ0) is 19.7. The SMILES string of the molecule is CNc1ncc(C(=O)N[C@H]2C3CC4CC2C[C@@](O)(C4)C3)c(C2CC(F)(F)C2)n1. The van der Waals surface area contributed by atoms with E-state index in [2.05, 4.69) is 20.6 Å². The minimum Gasteiger partial charge on any atom is -0.390 e. The van der Waals surface area contributed by atoms with E-state index in [4.69, 9.17) is 0 Å². The first-order valence-electron chi connectivity index (χ1n) is 10.2. The summed E-state index contributed by atoms with van der Waals surface area (Å²) in [5, 5.41) is 16.7. The molecule has 0 saturated heterocycles. The van der Waals surface area contributed by atoms with Crippen molar-refractivity contribution in [2.24, 2.45) is 17.8 Å². The minimum absolute atomic E-state index is 0.0315. The van der Waals surface area contributed by atoms with Crippen molar-refractivity contribution in [3.63, 3.8) is 0 Å². The van der Waals surface area contributed by atoms with E-state index in [0.29, 0.717) is 23.1 Å². The summed E-state index contributed by atoms with van der Waals surface area (Å²) in [6.45, 7) is 0. The van der Waals surface area contributed by atoms with Gasteiger partial charge in [-0.05, 0) is 49.9 Å². The molecule has 5 aliphatic carbocycles. The highest BCUT2D eigenvalue weighted by atomic mass is 19.3. The van der Waals surface area contributed by atoms with E-state index in [9.17, 15) is 18.7 Å². The molecule has 5 saturated carbocycles. The predicted octanol–water partition coefficient (Wildman–Crippen LogP) is 2.70. The number of alkyl halides is 2.